The van der Waals surface area contributed by atoms with Crippen molar-refractivity contribution >= 4 is 11.7 Å². The number of hydrogen-bond donors (Lipinski definition) is 2. The number of nitrogens with one attached hydrogen (secondary N) is 2. The summed E-state index contributed by atoms with van der Waals surface area (Å²) in [6, 6.07) is 18.0. The van der Waals surface area contributed by atoms with E-state index >= 15 is 0 Å². The second-order valence-electron chi connectivity index (χ2n) is 14.0. The van der Waals surface area contributed by atoms with Crippen molar-refractivity contribution in [2.24, 2.45) is 0 Å². The number of rotatable bonds is 7. The van der Waals surface area contributed by atoms with Gasteiger partial charge in [-0.05, 0) is 110 Å². The molecule has 0 aliphatic carbocycles. The minimum absolute atomic E-state index is 0.120. The number of hydrogen-bond acceptors (Lipinski definition) is 9. The van der Waals surface area contributed by atoms with E-state index in [1.165, 1.54) is 16.7 Å². The topological polar surface area (TPSA) is 103 Å². The van der Waals surface area contributed by atoms with Crippen molar-refractivity contribution < 1.29 is 33.2 Å². The first-order valence-corrected chi connectivity index (χ1v) is 18.3. The zero-order valence-electron chi connectivity index (χ0n) is 31.8. The van der Waals surface area contributed by atoms with Crippen molar-refractivity contribution in [2.75, 3.05) is 67.5 Å². The number of benzene rings is 4. The van der Waals surface area contributed by atoms with Crippen LogP contribution in [-0.4, -0.2) is 78.0 Å². The van der Waals surface area contributed by atoms with Crippen LogP contribution in [-0.2, 0) is 25.7 Å². The minimum Gasteiger partial charge on any atom is -0.493 e. The molecule has 0 fully saturated rings. The molecule has 0 radical (unpaired) electrons. The maximum Gasteiger partial charge on any atom is 0.319 e. The first-order valence-electron chi connectivity index (χ1n) is 18.3. The molecule has 11 nitrogen and oxygen atoms in total. The number of likely N-dealkylation sites (N-methyl/N-ethyl adjacent to an activating group) is 2. The SMILES string of the molecule is CCCNC(=O)Nc1cc(OC)c2cc1C[C@H]1c3c(cc(OC)c(OC)c3Oc3cc4c(cc3OC)CCN(C)[C@H]4Cc3ccc(cc3)O2)CCN1C. The molecule has 0 saturated carbocycles. The molecule has 4 heterocycles. The number of ether oxygens (including phenoxy) is 6. The van der Waals surface area contributed by atoms with Gasteiger partial charge in [0.05, 0.1) is 28.4 Å². The third kappa shape index (κ3) is 7.15. The van der Waals surface area contributed by atoms with Gasteiger partial charge in [0.1, 0.15) is 5.75 Å². The van der Waals surface area contributed by atoms with Gasteiger partial charge in [-0.15, -0.1) is 0 Å². The molecule has 0 saturated heterocycles. The van der Waals surface area contributed by atoms with Crippen LogP contribution >= 0.6 is 0 Å². The third-order valence-electron chi connectivity index (χ3n) is 10.8. The van der Waals surface area contributed by atoms with Crippen LogP contribution in [0, 0.1) is 0 Å². The molecule has 4 aliphatic heterocycles. The Kier molecular flexibility index (Phi) is 10.6. The molecule has 0 aromatic heterocycles. The van der Waals surface area contributed by atoms with Crippen LogP contribution < -0.4 is 39.1 Å². The van der Waals surface area contributed by atoms with Crippen LogP contribution in [0.15, 0.2) is 54.6 Å². The molecule has 4 aliphatic rings. The van der Waals surface area contributed by atoms with Gasteiger partial charge in [0.15, 0.2) is 34.5 Å². The van der Waals surface area contributed by atoms with E-state index in [-0.39, 0.29) is 18.1 Å². The Hall–Kier alpha value is -5.13. The monoisotopic (exact) mass is 722 g/mol. The second-order valence-corrected chi connectivity index (χ2v) is 14.0. The molecule has 2 amide bonds. The van der Waals surface area contributed by atoms with E-state index in [1.807, 2.05) is 31.2 Å². The lowest BCUT2D eigenvalue weighted by Crippen LogP contribution is -2.34. The highest BCUT2D eigenvalue weighted by Crippen LogP contribution is 2.52. The average Bonchev–Trinajstić information content (AvgIpc) is 3.16. The fourth-order valence-corrected chi connectivity index (χ4v) is 7.86. The van der Waals surface area contributed by atoms with Gasteiger partial charge >= 0.3 is 6.03 Å². The first kappa shape index (κ1) is 36.2. The minimum atomic E-state index is -0.287. The van der Waals surface area contributed by atoms with Crippen molar-refractivity contribution in [1.82, 2.24) is 15.1 Å². The molecule has 0 spiro atoms. The lowest BCUT2D eigenvalue weighted by Gasteiger charge is -2.37. The molecular formula is C42H50N4O7. The van der Waals surface area contributed by atoms with Crippen molar-refractivity contribution in [3.05, 3.63) is 88.0 Å². The van der Waals surface area contributed by atoms with Crippen LogP contribution in [0.5, 0.6) is 46.0 Å². The summed E-state index contributed by atoms with van der Waals surface area (Å²) in [7, 11) is 10.9. The number of carbonyl (C=O) groups excluding carboxylic acids is 1. The van der Waals surface area contributed by atoms with Crippen LogP contribution in [0.25, 0.3) is 0 Å². The highest BCUT2D eigenvalue weighted by atomic mass is 16.5. The van der Waals surface area contributed by atoms with Gasteiger partial charge in [0.25, 0.3) is 0 Å². The largest absolute Gasteiger partial charge is 0.493 e. The van der Waals surface area contributed by atoms with Crippen molar-refractivity contribution in [1.29, 1.82) is 0 Å². The molecule has 6 bridgehead atoms. The van der Waals surface area contributed by atoms with Gasteiger partial charge in [0.2, 0.25) is 5.75 Å². The predicted octanol–water partition coefficient (Wildman–Crippen LogP) is 7.69. The maximum atomic E-state index is 13.1. The Balaban J connectivity index is 1.46. The average molecular weight is 723 g/mol. The summed E-state index contributed by atoms with van der Waals surface area (Å²) >= 11 is 0. The zero-order chi connectivity index (χ0) is 37.2. The third-order valence-corrected chi connectivity index (χ3v) is 10.8. The summed E-state index contributed by atoms with van der Waals surface area (Å²) in [4.78, 5) is 17.8. The van der Waals surface area contributed by atoms with Gasteiger partial charge < -0.3 is 39.1 Å². The summed E-state index contributed by atoms with van der Waals surface area (Å²) in [5.74, 6) is 4.70. The second kappa shape index (κ2) is 15.5. The summed E-state index contributed by atoms with van der Waals surface area (Å²) in [6.45, 7) is 4.31. The molecule has 8 rings (SSSR count). The number of nitrogens with zero attached hydrogens (tertiary/aromatic N) is 2. The highest BCUT2D eigenvalue weighted by Gasteiger charge is 2.35. The number of methoxy groups -OCH3 is 4. The van der Waals surface area contributed by atoms with E-state index in [4.69, 9.17) is 28.4 Å². The number of fused-ring (bicyclic) bond motifs is 2. The standard InChI is InChI=1S/C42H50N4O7/c1-8-15-43-42(47)44-31-24-35(49-5)36-22-28(31)19-33-39-27(14-17-46(33)3)21-38(50-6)40(51-7)41(39)53-37-23-30-26(20-34(37)48-4)13-16-45(2)32(30)18-25-9-11-29(52-36)12-10-25/h9-12,20-24,32-33H,8,13-19H2,1-7H3,(H2,43,44,47)/t32-,33-/m0/s1. The Morgan fingerprint density at radius 3 is 2.11 bits per heavy atom. The molecule has 53 heavy (non-hydrogen) atoms. The predicted molar refractivity (Wildman–Crippen MR) is 205 cm³/mol. The van der Waals surface area contributed by atoms with Crippen LogP contribution in [0.1, 0.15) is 58.8 Å². The van der Waals surface area contributed by atoms with Gasteiger partial charge in [-0.25, -0.2) is 4.79 Å². The normalized spacial score (nSPS) is 18.0. The van der Waals surface area contributed by atoms with Gasteiger partial charge in [-0.2, -0.15) is 0 Å². The molecule has 2 N–H and O–H groups in total. The number of urea groups is 1. The molecule has 4 aromatic rings. The smallest absolute Gasteiger partial charge is 0.319 e. The van der Waals surface area contributed by atoms with E-state index < -0.39 is 0 Å². The zero-order valence-corrected chi connectivity index (χ0v) is 31.8. The maximum absolute atomic E-state index is 13.1. The summed E-state index contributed by atoms with van der Waals surface area (Å²) < 4.78 is 37.5. The van der Waals surface area contributed by atoms with Crippen molar-refractivity contribution in [3.63, 3.8) is 0 Å². The van der Waals surface area contributed by atoms with E-state index in [9.17, 15) is 4.79 Å². The fourth-order valence-electron chi connectivity index (χ4n) is 7.86. The first-order chi connectivity index (χ1) is 25.7. The van der Waals surface area contributed by atoms with E-state index in [1.54, 1.807) is 28.4 Å². The van der Waals surface area contributed by atoms with Gasteiger partial charge in [-0.3, -0.25) is 9.80 Å². The summed E-state index contributed by atoms with van der Waals surface area (Å²) in [5.41, 5.74) is 7.22. The van der Waals surface area contributed by atoms with Crippen molar-refractivity contribution in [3.8, 4) is 46.0 Å². The van der Waals surface area contributed by atoms with Crippen LogP contribution in [0.3, 0.4) is 0 Å². The Morgan fingerprint density at radius 1 is 0.755 bits per heavy atom. The molecule has 4 aromatic carbocycles. The molecular weight excluding hydrogens is 672 g/mol. The van der Waals surface area contributed by atoms with E-state index in [0.29, 0.717) is 64.6 Å². The number of anilines is 1. The quantitative estimate of drug-likeness (QED) is 0.199. The van der Waals surface area contributed by atoms with Crippen LogP contribution in [0.2, 0.25) is 0 Å². The lowest BCUT2D eigenvalue weighted by atomic mass is 9.86. The highest BCUT2D eigenvalue weighted by molar-refractivity contribution is 5.90. The van der Waals surface area contributed by atoms with Crippen LogP contribution in [0.4, 0.5) is 10.5 Å². The fraction of sp³-hybridized carbons (Fsp3) is 0.405. The number of carbonyl (C=O) groups is 1. The molecule has 280 valence electrons. The Morgan fingerprint density at radius 2 is 1.42 bits per heavy atom. The Labute approximate surface area is 312 Å². The molecule has 0 unspecified atom stereocenters. The molecule has 2 atom stereocenters. The number of amides is 2. The molecule has 11 heteroatoms. The van der Waals surface area contributed by atoms with Gasteiger partial charge in [-0.1, -0.05) is 19.1 Å². The summed E-state index contributed by atoms with van der Waals surface area (Å²) in [5, 5.41) is 6.03. The van der Waals surface area contributed by atoms with Crippen molar-refractivity contribution in [2.45, 2.75) is 51.1 Å². The summed E-state index contributed by atoms with van der Waals surface area (Å²) in [6.07, 6.45) is 3.81. The van der Waals surface area contributed by atoms with Gasteiger partial charge in [0, 0.05) is 49.0 Å². The van der Waals surface area contributed by atoms with E-state index in [0.717, 1.165) is 55.5 Å². The lowest BCUT2D eigenvalue weighted by molar-refractivity contribution is 0.220. The van der Waals surface area contributed by atoms with E-state index in [2.05, 4.69) is 64.9 Å². The Bertz CT molecular complexity index is 1980.